The number of nitrogens with two attached hydrogens (primary N) is 4. The first kappa shape index (κ1) is 32.7. The van der Waals surface area contributed by atoms with Gasteiger partial charge < -0.3 is 47.6 Å². The average Bonchev–Trinajstić information content (AvgIpc) is 3.29. The number of carbonyl (C=O) groups is 4. The Kier molecular flexibility index (Phi) is 13.0. The number of carboxylic acid groups (broad SMARTS) is 1. The Morgan fingerprint density at radius 2 is 1.50 bits per heavy atom. The summed E-state index contributed by atoms with van der Waals surface area (Å²) in [5.74, 6) is -3.75. The van der Waals surface area contributed by atoms with Gasteiger partial charge >= 0.3 is 23.9 Å². The van der Waals surface area contributed by atoms with E-state index in [-0.39, 0.29) is 12.3 Å². The molecule has 13 heteroatoms. The van der Waals surface area contributed by atoms with Crippen LogP contribution in [0.1, 0.15) is 39.7 Å². The van der Waals surface area contributed by atoms with Crippen LogP contribution in [0.4, 0.5) is 0 Å². The molecule has 13 nitrogen and oxygen atoms in total. The molecule has 0 amide bonds. The molecular weight excluding hydrogens is 498 g/mol. The van der Waals surface area contributed by atoms with Crippen molar-refractivity contribution in [1.82, 2.24) is 4.98 Å². The Bertz CT molecular complexity index is 1090. The minimum atomic E-state index is -1.27. The summed E-state index contributed by atoms with van der Waals surface area (Å²) in [6.07, 6.45) is 0.772. The molecule has 0 saturated carbocycles. The maximum Gasteiger partial charge on any atom is 0.333 e. The first-order chi connectivity index (χ1) is 17.7. The molecule has 0 spiro atoms. The summed E-state index contributed by atoms with van der Waals surface area (Å²) in [6.45, 7) is 6.42. The molecular formula is C25H39N5O8. The van der Waals surface area contributed by atoms with Gasteiger partial charge in [-0.25, -0.2) is 9.59 Å². The van der Waals surface area contributed by atoms with Crippen molar-refractivity contribution < 1.29 is 38.9 Å². The predicted molar refractivity (Wildman–Crippen MR) is 139 cm³/mol. The number of ether oxygens (including phenoxy) is 2. The second kappa shape index (κ2) is 15.1. The molecule has 1 heterocycles. The summed E-state index contributed by atoms with van der Waals surface area (Å²) >= 11 is 0. The molecule has 0 radical (unpaired) electrons. The van der Waals surface area contributed by atoms with E-state index in [1.807, 2.05) is 31.2 Å². The number of aliphatic hydroxyl groups is 1. The number of para-hydroxylation sites is 1. The van der Waals surface area contributed by atoms with Gasteiger partial charge in [-0.15, -0.1) is 0 Å². The lowest BCUT2D eigenvalue weighted by molar-refractivity contribution is -0.164. The van der Waals surface area contributed by atoms with Crippen molar-refractivity contribution in [1.29, 1.82) is 0 Å². The first-order valence-electron chi connectivity index (χ1n) is 12.1. The van der Waals surface area contributed by atoms with Crippen LogP contribution in [0.2, 0.25) is 0 Å². The number of carboxylic acids is 1. The summed E-state index contributed by atoms with van der Waals surface area (Å²) in [5.41, 5.74) is 24.0. The Morgan fingerprint density at radius 3 is 2.05 bits per heavy atom. The van der Waals surface area contributed by atoms with Gasteiger partial charge in [-0.1, -0.05) is 38.5 Å². The van der Waals surface area contributed by atoms with Crippen molar-refractivity contribution in [2.24, 2.45) is 28.9 Å². The van der Waals surface area contributed by atoms with Crippen molar-refractivity contribution in [3.63, 3.8) is 0 Å². The fourth-order valence-corrected chi connectivity index (χ4v) is 3.08. The average molecular weight is 538 g/mol. The monoisotopic (exact) mass is 537 g/mol. The smallest absolute Gasteiger partial charge is 0.333 e. The number of fused-ring (bicyclic) bond motifs is 1. The van der Waals surface area contributed by atoms with Crippen molar-refractivity contribution in [3.8, 4) is 0 Å². The number of H-pyrrole nitrogens is 1. The van der Waals surface area contributed by atoms with Crippen LogP contribution >= 0.6 is 0 Å². The van der Waals surface area contributed by atoms with E-state index in [0.717, 1.165) is 16.5 Å². The number of hydrogen-bond acceptors (Lipinski definition) is 11. The van der Waals surface area contributed by atoms with Crippen LogP contribution in [0.15, 0.2) is 30.5 Å². The van der Waals surface area contributed by atoms with Gasteiger partial charge in [0.2, 0.25) is 0 Å². The Morgan fingerprint density at radius 1 is 0.921 bits per heavy atom. The maximum absolute atomic E-state index is 11.9. The molecule has 1 aromatic carbocycles. The van der Waals surface area contributed by atoms with E-state index < -0.39 is 60.3 Å². The SMILES string of the molecule is CC[C@H](C)[C@H](N)C(=O)OC(=O)[C@@H](N)[C@@H](C)O.C[C@@H](OC(=O)[C@@H](N)Cc1c[nH]c2ccccc12)[C@H](N)C(=O)O. The predicted octanol–water partition coefficient (Wildman–Crippen LogP) is -0.481. The number of aromatic nitrogens is 1. The van der Waals surface area contributed by atoms with Crippen molar-refractivity contribution in [2.75, 3.05) is 0 Å². The number of esters is 3. The Hall–Kier alpha value is -3.36. The summed E-state index contributed by atoms with van der Waals surface area (Å²) in [7, 11) is 0. The molecule has 11 N–H and O–H groups in total. The molecule has 7 atom stereocenters. The van der Waals surface area contributed by atoms with E-state index in [9.17, 15) is 19.2 Å². The third-order valence-electron chi connectivity index (χ3n) is 6.03. The van der Waals surface area contributed by atoms with Crippen LogP contribution in [-0.2, 0) is 35.1 Å². The number of nitrogens with one attached hydrogen (secondary N) is 1. The normalized spacial score (nSPS) is 16.6. The van der Waals surface area contributed by atoms with Gasteiger partial charge in [0.1, 0.15) is 30.3 Å². The van der Waals surface area contributed by atoms with Gasteiger partial charge in [0.05, 0.1) is 6.10 Å². The molecule has 212 valence electrons. The molecule has 2 aromatic rings. The number of aliphatic carboxylic acids is 1. The molecule has 0 aliphatic heterocycles. The molecule has 0 bridgehead atoms. The molecule has 1 aromatic heterocycles. The van der Waals surface area contributed by atoms with Gasteiger partial charge in [0.25, 0.3) is 0 Å². The van der Waals surface area contributed by atoms with E-state index >= 15 is 0 Å². The number of aliphatic hydroxyl groups excluding tert-OH is 1. The third kappa shape index (κ3) is 9.50. The van der Waals surface area contributed by atoms with E-state index in [4.69, 9.17) is 37.9 Å². The molecule has 0 aliphatic carbocycles. The van der Waals surface area contributed by atoms with Gasteiger partial charge in [-0.05, 0) is 31.4 Å². The maximum atomic E-state index is 11.9. The minimum Gasteiger partial charge on any atom is -0.480 e. The zero-order valence-corrected chi connectivity index (χ0v) is 22.0. The third-order valence-corrected chi connectivity index (χ3v) is 6.03. The minimum absolute atomic E-state index is 0.0805. The van der Waals surface area contributed by atoms with E-state index in [1.54, 1.807) is 13.1 Å². The highest BCUT2D eigenvalue weighted by molar-refractivity contribution is 5.91. The number of benzene rings is 1. The lowest BCUT2D eigenvalue weighted by atomic mass is 10.0. The summed E-state index contributed by atoms with van der Waals surface area (Å²) in [6, 6.07) is 3.43. The van der Waals surface area contributed by atoms with Crippen molar-refractivity contribution in [3.05, 3.63) is 36.0 Å². The molecule has 0 aliphatic rings. The quantitative estimate of drug-likeness (QED) is 0.142. The number of rotatable bonds is 11. The van der Waals surface area contributed by atoms with Gasteiger partial charge in [-0.3, -0.25) is 9.59 Å². The molecule has 0 fully saturated rings. The summed E-state index contributed by atoms with van der Waals surface area (Å²) in [5, 5.41) is 18.8. The van der Waals surface area contributed by atoms with Crippen LogP contribution in [-0.4, -0.2) is 75.4 Å². The second-order valence-corrected chi connectivity index (χ2v) is 9.09. The van der Waals surface area contributed by atoms with Crippen LogP contribution in [0.5, 0.6) is 0 Å². The van der Waals surface area contributed by atoms with Crippen LogP contribution in [0, 0.1) is 5.92 Å². The molecule has 2 rings (SSSR count). The highest BCUT2D eigenvalue weighted by atomic mass is 16.6. The topological polar surface area (TPSA) is 247 Å². The van der Waals surface area contributed by atoms with Crippen molar-refractivity contribution >= 4 is 34.8 Å². The van der Waals surface area contributed by atoms with E-state index in [0.29, 0.717) is 6.42 Å². The fourth-order valence-electron chi connectivity index (χ4n) is 3.08. The molecule has 0 saturated heterocycles. The van der Waals surface area contributed by atoms with Gasteiger partial charge in [0, 0.05) is 23.5 Å². The van der Waals surface area contributed by atoms with Crippen molar-refractivity contribution in [2.45, 2.75) is 76.9 Å². The Balaban J connectivity index is 0.000000403. The zero-order valence-electron chi connectivity index (χ0n) is 22.0. The summed E-state index contributed by atoms with van der Waals surface area (Å²) in [4.78, 5) is 48.4. The fraction of sp³-hybridized carbons (Fsp3) is 0.520. The number of aromatic amines is 1. The first-order valence-corrected chi connectivity index (χ1v) is 12.1. The van der Waals surface area contributed by atoms with Crippen LogP contribution in [0.3, 0.4) is 0 Å². The lowest BCUT2D eigenvalue weighted by Crippen LogP contribution is -2.46. The zero-order chi connectivity index (χ0) is 29.2. The molecule has 38 heavy (non-hydrogen) atoms. The second-order valence-electron chi connectivity index (χ2n) is 9.09. The van der Waals surface area contributed by atoms with E-state index in [1.165, 1.54) is 13.8 Å². The van der Waals surface area contributed by atoms with Crippen LogP contribution < -0.4 is 22.9 Å². The van der Waals surface area contributed by atoms with Crippen LogP contribution in [0.25, 0.3) is 10.9 Å². The lowest BCUT2D eigenvalue weighted by Gasteiger charge is -2.19. The number of carbonyl (C=O) groups excluding carboxylic acids is 3. The number of hydrogen-bond donors (Lipinski definition) is 7. The van der Waals surface area contributed by atoms with Gasteiger partial charge in [0.15, 0.2) is 0 Å². The highest BCUT2D eigenvalue weighted by Crippen LogP contribution is 2.19. The molecule has 0 unspecified atom stereocenters. The Labute approximate surface area is 220 Å². The highest BCUT2D eigenvalue weighted by Gasteiger charge is 2.28. The summed E-state index contributed by atoms with van der Waals surface area (Å²) < 4.78 is 9.49. The van der Waals surface area contributed by atoms with E-state index in [2.05, 4.69) is 9.72 Å². The van der Waals surface area contributed by atoms with Gasteiger partial charge in [-0.2, -0.15) is 0 Å². The standard InChI is InChI=1S/C15H19N3O4.C10H20N2O4/c1-8(13(17)14(19)20)22-15(21)11(16)6-9-7-18-12-5-3-2-4-10(9)12;1-4-5(2)7(11)9(14)16-10(15)8(12)6(3)13/h2-5,7-8,11,13,18H,6,16-17H2,1H3,(H,19,20);5-8,13H,4,11-12H2,1-3H3/t8-,11+,13+;5-,6+,7-,8-/m10/s1. The largest absolute Gasteiger partial charge is 0.480 e.